The van der Waals surface area contributed by atoms with Crippen molar-refractivity contribution in [3.05, 3.63) is 63.3 Å². The molecule has 0 aliphatic heterocycles. The van der Waals surface area contributed by atoms with E-state index >= 15 is 0 Å². The summed E-state index contributed by atoms with van der Waals surface area (Å²) in [6.07, 6.45) is -3.39. The molecule has 1 N–H and O–H groups in total. The van der Waals surface area contributed by atoms with Crippen LogP contribution in [0.4, 0.5) is 17.6 Å². The Morgan fingerprint density at radius 2 is 1.88 bits per heavy atom. The summed E-state index contributed by atoms with van der Waals surface area (Å²) in [6.45, 7) is -0.564. The third kappa shape index (κ3) is 4.27. The molecule has 1 aromatic carbocycles. The van der Waals surface area contributed by atoms with Gasteiger partial charge in [-0.3, -0.25) is 9.59 Å². The van der Waals surface area contributed by atoms with Crippen LogP contribution in [0, 0.1) is 5.82 Å². The van der Waals surface area contributed by atoms with Gasteiger partial charge < -0.3 is 5.32 Å². The molecule has 0 spiro atoms. The predicted octanol–water partition coefficient (Wildman–Crippen LogP) is 2.60. The van der Waals surface area contributed by atoms with Crippen molar-refractivity contribution in [3.8, 4) is 0 Å². The van der Waals surface area contributed by atoms with Crippen LogP contribution in [0.15, 0.2) is 35.1 Å². The molecule has 26 heavy (non-hydrogen) atoms. The third-order valence-corrected chi connectivity index (χ3v) is 3.99. The minimum Gasteiger partial charge on any atom is -0.350 e. The molecule has 1 amide bonds. The highest BCUT2D eigenvalue weighted by molar-refractivity contribution is 5.75. The Bertz CT molecular complexity index is 871. The van der Waals surface area contributed by atoms with Crippen LogP contribution in [0.25, 0.3) is 0 Å². The highest BCUT2D eigenvalue weighted by Crippen LogP contribution is 2.40. The molecule has 5 nitrogen and oxygen atoms in total. The van der Waals surface area contributed by atoms with E-state index < -0.39 is 35.6 Å². The van der Waals surface area contributed by atoms with Gasteiger partial charge in [0, 0.05) is 12.5 Å². The van der Waals surface area contributed by atoms with Crippen molar-refractivity contribution in [2.24, 2.45) is 0 Å². The Hall–Kier alpha value is -2.71. The van der Waals surface area contributed by atoms with Gasteiger partial charge in [0.1, 0.15) is 17.9 Å². The van der Waals surface area contributed by atoms with Crippen LogP contribution < -0.4 is 10.9 Å². The van der Waals surface area contributed by atoms with Gasteiger partial charge in [0.15, 0.2) is 0 Å². The lowest BCUT2D eigenvalue weighted by Crippen LogP contribution is -2.37. The lowest BCUT2D eigenvalue weighted by atomic mass is 10.2. The second kappa shape index (κ2) is 6.89. The molecule has 0 saturated heterocycles. The standard InChI is InChI=1S/C17H15F4N3O2/c18-12-5-1-10(2-6-12)8-22-15(25)9-24-16(26)13(17(19,20)21)7-14(23-24)11-3-4-11/h1-2,5-7,11H,3-4,8-9H2,(H,22,25). The molecule has 9 heteroatoms. The van der Waals surface area contributed by atoms with Crippen LogP contribution >= 0.6 is 0 Å². The van der Waals surface area contributed by atoms with Crippen LogP contribution in [0.2, 0.25) is 0 Å². The molecule has 1 fully saturated rings. The van der Waals surface area contributed by atoms with Gasteiger partial charge in [-0.2, -0.15) is 18.3 Å². The molecule has 1 aliphatic rings. The van der Waals surface area contributed by atoms with Crippen molar-refractivity contribution >= 4 is 5.91 Å². The molecule has 2 aromatic rings. The Labute approximate surface area is 145 Å². The Balaban J connectivity index is 1.75. The van der Waals surface area contributed by atoms with Crippen LogP contribution in [-0.4, -0.2) is 15.7 Å². The van der Waals surface area contributed by atoms with Crippen LogP contribution in [0.3, 0.4) is 0 Å². The quantitative estimate of drug-likeness (QED) is 0.824. The average Bonchev–Trinajstić information content (AvgIpc) is 3.40. The highest BCUT2D eigenvalue weighted by atomic mass is 19.4. The highest BCUT2D eigenvalue weighted by Gasteiger charge is 2.37. The van der Waals surface area contributed by atoms with E-state index in [4.69, 9.17) is 0 Å². The van der Waals surface area contributed by atoms with Crippen molar-refractivity contribution in [2.75, 3.05) is 0 Å². The summed E-state index contributed by atoms with van der Waals surface area (Å²) < 4.78 is 52.6. The molecule has 1 saturated carbocycles. The number of aromatic nitrogens is 2. The minimum atomic E-state index is -4.81. The molecule has 0 bridgehead atoms. The van der Waals surface area contributed by atoms with E-state index in [0.29, 0.717) is 23.1 Å². The molecular formula is C17H15F4N3O2. The lowest BCUT2D eigenvalue weighted by Gasteiger charge is -2.12. The summed E-state index contributed by atoms with van der Waals surface area (Å²) in [7, 11) is 0. The van der Waals surface area contributed by atoms with Crippen molar-refractivity contribution in [2.45, 2.75) is 38.0 Å². The molecule has 1 aliphatic carbocycles. The largest absolute Gasteiger partial charge is 0.421 e. The number of nitrogens with zero attached hydrogens (tertiary/aromatic N) is 2. The first-order valence-electron chi connectivity index (χ1n) is 7.94. The number of halogens is 4. The number of alkyl halides is 3. The Kier molecular flexibility index (Phi) is 4.80. The normalized spacial score (nSPS) is 14.3. The van der Waals surface area contributed by atoms with E-state index in [0.717, 1.165) is 6.07 Å². The van der Waals surface area contributed by atoms with Gasteiger partial charge in [0.2, 0.25) is 5.91 Å². The Morgan fingerprint density at radius 1 is 1.23 bits per heavy atom. The zero-order valence-corrected chi connectivity index (χ0v) is 13.5. The van der Waals surface area contributed by atoms with Crippen LogP contribution in [0.5, 0.6) is 0 Å². The minimum absolute atomic E-state index is 0.0578. The maximum absolute atomic E-state index is 13.1. The van der Waals surface area contributed by atoms with Crippen molar-refractivity contribution in [1.82, 2.24) is 15.1 Å². The number of hydrogen-bond donors (Lipinski definition) is 1. The maximum Gasteiger partial charge on any atom is 0.421 e. The molecule has 3 rings (SSSR count). The van der Waals surface area contributed by atoms with Crippen LogP contribution in [-0.2, 0) is 24.1 Å². The lowest BCUT2D eigenvalue weighted by molar-refractivity contribution is -0.139. The second-order valence-electron chi connectivity index (χ2n) is 6.12. The SMILES string of the molecule is O=C(Cn1nc(C2CC2)cc(C(F)(F)F)c1=O)NCc1ccc(F)cc1. The number of amides is 1. The summed E-state index contributed by atoms with van der Waals surface area (Å²) in [5, 5.41) is 6.38. The molecule has 0 radical (unpaired) electrons. The van der Waals surface area contributed by atoms with E-state index in [2.05, 4.69) is 10.4 Å². The number of nitrogens with one attached hydrogen (secondary N) is 1. The summed E-state index contributed by atoms with van der Waals surface area (Å²) >= 11 is 0. The maximum atomic E-state index is 13.1. The molecule has 1 heterocycles. The van der Waals surface area contributed by atoms with E-state index in [1.807, 2.05) is 0 Å². The van der Waals surface area contributed by atoms with E-state index in [1.165, 1.54) is 24.3 Å². The average molecular weight is 369 g/mol. The predicted molar refractivity (Wildman–Crippen MR) is 83.7 cm³/mol. The van der Waals surface area contributed by atoms with Gasteiger partial charge >= 0.3 is 6.18 Å². The fourth-order valence-electron chi connectivity index (χ4n) is 2.45. The molecule has 0 unspecified atom stereocenters. The van der Waals surface area contributed by atoms with Gasteiger partial charge in [-0.1, -0.05) is 12.1 Å². The zero-order chi connectivity index (χ0) is 18.9. The number of hydrogen-bond acceptors (Lipinski definition) is 3. The molecular weight excluding hydrogens is 354 g/mol. The van der Waals surface area contributed by atoms with Crippen molar-refractivity contribution in [3.63, 3.8) is 0 Å². The summed E-state index contributed by atoms with van der Waals surface area (Å²) in [5.41, 5.74) is -1.88. The fraction of sp³-hybridized carbons (Fsp3) is 0.353. The van der Waals surface area contributed by atoms with Gasteiger partial charge in [-0.05, 0) is 36.6 Å². The summed E-state index contributed by atoms with van der Waals surface area (Å²) in [5.74, 6) is -1.19. The van der Waals surface area contributed by atoms with E-state index in [-0.39, 0.29) is 18.2 Å². The first kappa shape index (κ1) is 18.1. The fourth-order valence-corrected chi connectivity index (χ4v) is 2.45. The van der Waals surface area contributed by atoms with Crippen molar-refractivity contribution < 1.29 is 22.4 Å². The van der Waals surface area contributed by atoms with E-state index in [1.54, 1.807) is 0 Å². The number of rotatable bonds is 5. The number of carbonyl (C=O) groups excluding carboxylic acids is 1. The molecule has 138 valence electrons. The van der Waals surface area contributed by atoms with E-state index in [9.17, 15) is 27.2 Å². The summed E-state index contributed by atoms with van der Waals surface area (Å²) in [4.78, 5) is 24.0. The summed E-state index contributed by atoms with van der Waals surface area (Å²) in [6, 6.07) is 6.16. The first-order valence-corrected chi connectivity index (χ1v) is 7.94. The van der Waals surface area contributed by atoms with Crippen LogP contribution in [0.1, 0.15) is 35.6 Å². The zero-order valence-electron chi connectivity index (χ0n) is 13.5. The van der Waals surface area contributed by atoms with Gasteiger partial charge in [-0.25, -0.2) is 9.07 Å². The van der Waals surface area contributed by atoms with Gasteiger partial charge in [0.05, 0.1) is 5.69 Å². The van der Waals surface area contributed by atoms with Gasteiger partial charge in [0.25, 0.3) is 5.56 Å². The Morgan fingerprint density at radius 3 is 2.46 bits per heavy atom. The molecule has 1 aromatic heterocycles. The second-order valence-corrected chi connectivity index (χ2v) is 6.12. The van der Waals surface area contributed by atoms with Gasteiger partial charge in [-0.15, -0.1) is 0 Å². The van der Waals surface area contributed by atoms with Crippen molar-refractivity contribution in [1.29, 1.82) is 0 Å². The molecule has 0 atom stereocenters. The number of carbonyl (C=O) groups is 1. The monoisotopic (exact) mass is 369 g/mol. The number of benzene rings is 1. The third-order valence-electron chi connectivity index (χ3n) is 3.99. The smallest absolute Gasteiger partial charge is 0.350 e. The first-order chi connectivity index (χ1) is 12.2. The topological polar surface area (TPSA) is 64.0 Å².